The molecule has 0 aromatic heterocycles. The molecule has 2 aromatic carbocycles. The van der Waals surface area contributed by atoms with Crippen LogP contribution in [0.1, 0.15) is 31.9 Å². The zero-order chi connectivity index (χ0) is 21.6. The van der Waals surface area contributed by atoms with E-state index >= 15 is 0 Å². The number of hydrogen-bond acceptors (Lipinski definition) is 4. The molecule has 1 saturated heterocycles. The molecule has 31 heavy (non-hydrogen) atoms. The molecule has 1 heterocycles. The Bertz CT molecular complexity index is 859. The molecule has 1 aliphatic heterocycles. The summed E-state index contributed by atoms with van der Waals surface area (Å²) in [6, 6.07) is 16.0. The zero-order valence-corrected chi connectivity index (χ0v) is 21.3. The van der Waals surface area contributed by atoms with Crippen LogP contribution in [0.25, 0.3) is 0 Å². The van der Waals surface area contributed by atoms with Gasteiger partial charge in [-0.1, -0.05) is 36.4 Å². The summed E-state index contributed by atoms with van der Waals surface area (Å²) in [7, 11) is 1.82. The summed E-state index contributed by atoms with van der Waals surface area (Å²) in [6.07, 6.45) is 0. The maximum atomic E-state index is 10.1. The Hall–Kier alpha value is -2.00. The zero-order valence-electron chi connectivity index (χ0n) is 19.0. The Morgan fingerprint density at radius 3 is 2.35 bits per heavy atom. The molecule has 0 aliphatic carbocycles. The van der Waals surface area contributed by atoms with Crippen LogP contribution in [0.3, 0.4) is 0 Å². The number of aromatic hydroxyl groups is 1. The minimum atomic E-state index is -0.144. The number of benzene rings is 2. The molecule has 2 aromatic rings. The fourth-order valence-corrected chi connectivity index (χ4v) is 3.53. The highest BCUT2D eigenvalue weighted by atomic mass is 127. The number of phenolic OH excluding ortho intramolecular Hbond substituents is 1. The number of rotatable bonds is 5. The number of phenols is 1. The number of nitrogens with one attached hydrogen (secondary N) is 1. The van der Waals surface area contributed by atoms with Gasteiger partial charge in [0.15, 0.2) is 5.96 Å². The van der Waals surface area contributed by atoms with Gasteiger partial charge in [-0.15, -0.1) is 24.0 Å². The van der Waals surface area contributed by atoms with E-state index in [-0.39, 0.29) is 29.6 Å². The molecule has 6 nitrogen and oxygen atoms in total. The number of nitrogens with zero attached hydrogens (tertiary/aromatic N) is 3. The second kappa shape index (κ2) is 11.6. The molecular weight excluding hydrogens is 503 g/mol. The average molecular weight is 538 g/mol. The van der Waals surface area contributed by atoms with E-state index in [1.54, 1.807) is 6.07 Å². The van der Waals surface area contributed by atoms with E-state index in [1.165, 1.54) is 11.1 Å². The van der Waals surface area contributed by atoms with Crippen molar-refractivity contribution in [3.8, 4) is 5.75 Å². The van der Waals surface area contributed by atoms with Gasteiger partial charge in [0.25, 0.3) is 0 Å². The van der Waals surface area contributed by atoms with E-state index in [0.717, 1.165) is 44.4 Å². The van der Waals surface area contributed by atoms with Crippen LogP contribution >= 0.6 is 24.0 Å². The summed E-state index contributed by atoms with van der Waals surface area (Å²) >= 11 is 0. The van der Waals surface area contributed by atoms with Gasteiger partial charge >= 0.3 is 0 Å². The number of halogens is 1. The number of hydrogen-bond donors (Lipinski definition) is 2. The molecule has 0 unspecified atom stereocenters. The minimum absolute atomic E-state index is 0. The van der Waals surface area contributed by atoms with Crippen LogP contribution in [-0.4, -0.2) is 54.8 Å². The third-order valence-electron chi connectivity index (χ3n) is 5.13. The Labute approximate surface area is 203 Å². The molecule has 0 amide bonds. The van der Waals surface area contributed by atoms with Gasteiger partial charge in [-0.2, -0.15) is 0 Å². The maximum Gasteiger partial charge on any atom is 0.194 e. The molecule has 1 fully saturated rings. The van der Waals surface area contributed by atoms with Gasteiger partial charge in [0, 0.05) is 39.8 Å². The topological polar surface area (TPSA) is 60.3 Å². The lowest BCUT2D eigenvalue weighted by Crippen LogP contribution is -2.52. The van der Waals surface area contributed by atoms with Crippen molar-refractivity contribution in [1.29, 1.82) is 0 Å². The fourth-order valence-electron chi connectivity index (χ4n) is 3.53. The van der Waals surface area contributed by atoms with Crippen LogP contribution in [0, 0.1) is 0 Å². The van der Waals surface area contributed by atoms with E-state index in [9.17, 15) is 5.11 Å². The van der Waals surface area contributed by atoms with Gasteiger partial charge in [-0.3, -0.25) is 4.99 Å². The lowest BCUT2D eigenvalue weighted by atomic mass is 10.1. The van der Waals surface area contributed by atoms with Crippen LogP contribution in [0.15, 0.2) is 53.5 Å². The van der Waals surface area contributed by atoms with Crippen LogP contribution in [0.5, 0.6) is 5.75 Å². The minimum Gasteiger partial charge on any atom is -0.506 e. The fraction of sp³-hybridized carbons (Fsp3) is 0.458. The van der Waals surface area contributed by atoms with Crippen LogP contribution in [-0.2, 0) is 17.9 Å². The second-order valence-corrected chi connectivity index (χ2v) is 8.58. The standard InChI is InChI=1S/C24H34N4O2.HI/c1-24(2,3)30-18-20-9-7-8-19(16-20)17-26-23(25-4)28-14-12-27(13-15-28)21-10-5-6-11-22(21)29;/h5-11,16,29H,12-15,17-18H2,1-4H3,(H,25,26);1H. The molecule has 170 valence electrons. The van der Waals surface area contributed by atoms with E-state index in [0.29, 0.717) is 12.4 Å². The van der Waals surface area contributed by atoms with E-state index < -0.39 is 0 Å². The monoisotopic (exact) mass is 538 g/mol. The van der Waals surface area contributed by atoms with Crippen molar-refractivity contribution in [2.24, 2.45) is 4.99 Å². The number of aliphatic imine (C=N–C) groups is 1. The summed E-state index contributed by atoms with van der Waals surface area (Å²) in [5.41, 5.74) is 3.14. The van der Waals surface area contributed by atoms with Crippen molar-refractivity contribution in [2.45, 2.75) is 39.5 Å². The highest BCUT2D eigenvalue weighted by molar-refractivity contribution is 14.0. The molecule has 7 heteroatoms. The van der Waals surface area contributed by atoms with Crippen molar-refractivity contribution in [2.75, 3.05) is 38.1 Å². The predicted molar refractivity (Wildman–Crippen MR) is 138 cm³/mol. The first-order chi connectivity index (χ1) is 14.4. The van der Waals surface area contributed by atoms with E-state index in [4.69, 9.17) is 4.74 Å². The lowest BCUT2D eigenvalue weighted by Gasteiger charge is -2.37. The van der Waals surface area contributed by atoms with Gasteiger partial charge in [0.05, 0.1) is 17.9 Å². The van der Waals surface area contributed by atoms with Gasteiger partial charge in [-0.05, 0) is 44.0 Å². The molecule has 0 atom stereocenters. The van der Waals surface area contributed by atoms with Crippen molar-refractivity contribution in [3.63, 3.8) is 0 Å². The van der Waals surface area contributed by atoms with Crippen LogP contribution in [0.4, 0.5) is 5.69 Å². The van der Waals surface area contributed by atoms with Crippen LogP contribution in [0.2, 0.25) is 0 Å². The third-order valence-corrected chi connectivity index (χ3v) is 5.13. The predicted octanol–water partition coefficient (Wildman–Crippen LogP) is 4.22. The van der Waals surface area contributed by atoms with Crippen molar-refractivity contribution in [3.05, 3.63) is 59.7 Å². The molecule has 1 aliphatic rings. The molecule has 3 rings (SSSR count). The van der Waals surface area contributed by atoms with E-state index in [1.807, 2.05) is 25.2 Å². The molecule has 0 spiro atoms. The number of anilines is 1. The van der Waals surface area contributed by atoms with Gasteiger partial charge in [0.2, 0.25) is 0 Å². The molecule has 2 N–H and O–H groups in total. The Morgan fingerprint density at radius 1 is 1.03 bits per heavy atom. The van der Waals surface area contributed by atoms with Crippen molar-refractivity contribution >= 4 is 35.6 Å². The quantitative estimate of drug-likeness (QED) is 0.339. The number of ether oxygens (including phenoxy) is 1. The van der Waals surface area contributed by atoms with Crippen LogP contribution < -0.4 is 10.2 Å². The maximum absolute atomic E-state index is 10.1. The molecule has 0 radical (unpaired) electrons. The average Bonchev–Trinajstić information content (AvgIpc) is 2.73. The molecular formula is C24H35IN4O2. The highest BCUT2D eigenvalue weighted by Gasteiger charge is 2.21. The summed E-state index contributed by atoms with van der Waals surface area (Å²) in [5, 5.41) is 13.6. The first kappa shape index (κ1) is 25.3. The lowest BCUT2D eigenvalue weighted by molar-refractivity contribution is -0.0149. The second-order valence-electron chi connectivity index (χ2n) is 8.58. The Morgan fingerprint density at radius 2 is 1.71 bits per heavy atom. The highest BCUT2D eigenvalue weighted by Crippen LogP contribution is 2.27. The first-order valence-corrected chi connectivity index (χ1v) is 10.6. The Balaban J connectivity index is 0.00000341. The molecule has 0 bridgehead atoms. The summed E-state index contributed by atoms with van der Waals surface area (Å²) in [6.45, 7) is 10.9. The number of guanidine groups is 1. The molecule has 0 saturated carbocycles. The normalized spacial score (nSPS) is 14.9. The van der Waals surface area contributed by atoms with Gasteiger partial charge in [-0.25, -0.2) is 0 Å². The van der Waals surface area contributed by atoms with Gasteiger partial charge in [0.1, 0.15) is 5.75 Å². The summed E-state index contributed by atoms with van der Waals surface area (Å²) in [5.74, 6) is 1.24. The Kier molecular flexibility index (Phi) is 9.43. The van der Waals surface area contributed by atoms with Crippen molar-refractivity contribution in [1.82, 2.24) is 10.2 Å². The SMILES string of the molecule is CN=C(NCc1cccc(COC(C)(C)C)c1)N1CCN(c2ccccc2O)CC1.I. The summed E-state index contributed by atoms with van der Waals surface area (Å²) < 4.78 is 5.89. The smallest absolute Gasteiger partial charge is 0.194 e. The van der Waals surface area contributed by atoms with Gasteiger partial charge < -0.3 is 25.0 Å². The number of piperazine rings is 1. The number of para-hydroxylation sites is 2. The largest absolute Gasteiger partial charge is 0.506 e. The third kappa shape index (κ3) is 7.57. The first-order valence-electron chi connectivity index (χ1n) is 10.6. The van der Waals surface area contributed by atoms with Crippen molar-refractivity contribution < 1.29 is 9.84 Å². The van der Waals surface area contributed by atoms with E-state index in [2.05, 4.69) is 65.1 Å². The summed E-state index contributed by atoms with van der Waals surface area (Å²) in [4.78, 5) is 8.96.